The third kappa shape index (κ3) is 5.42. The molecule has 0 unspecified atom stereocenters. The number of nitrogens with one attached hydrogen (secondary N) is 2. The minimum Gasteiger partial charge on any atom is -0.363 e. The van der Waals surface area contributed by atoms with E-state index in [1.54, 1.807) is 0 Å². The zero-order valence-electron chi connectivity index (χ0n) is 17.5. The van der Waals surface area contributed by atoms with Crippen LogP contribution in [0.4, 0.5) is 5.00 Å². The Balaban J connectivity index is 1.22. The summed E-state index contributed by atoms with van der Waals surface area (Å²) >= 11 is 1.82. The van der Waals surface area contributed by atoms with Gasteiger partial charge in [-0.3, -0.25) is 4.99 Å². The van der Waals surface area contributed by atoms with Crippen LogP contribution in [-0.4, -0.2) is 48.2 Å². The van der Waals surface area contributed by atoms with Gasteiger partial charge in [0.25, 0.3) is 0 Å². The third-order valence-corrected chi connectivity index (χ3v) is 6.44. The lowest BCUT2D eigenvalue weighted by Crippen LogP contribution is -2.49. The first kappa shape index (κ1) is 20.5. The number of benzene rings is 1. The summed E-state index contributed by atoms with van der Waals surface area (Å²) < 4.78 is 2.22. The van der Waals surface area contributed by atoms with E-state index in [0.717, 1.165) is 57.2 Å². The second kappa shape index (κ2) is 10.3. The molecule has 1 aliphatic heterocycles. The topological polar surface area (TPSA) is 57.5 Å². The molecular formula is C23H30N6S. The number of aromatic nitrogens is 2. The highest BCUT2D eigenvalue weighted by Crippen LogP contribution is 2.24. The maximum Gasteiger partial charge on any atom is 0.191 e. The maximum absolute atomic E-state index is 4.54. The molecule has 1 aromatic carbocycles. The van der Waals surface area contributed by atoms with E-state index in [1.807, 2.05) is 30.6 Å². The number of rotatable bonds is 7. The number of anilines is 1. The van der Waals surface area contributed by atoms with Crippen molar-refractivity contribution in [3.8, 4) is 0 Å². The number of nitrogens with zero attached hydrogens (tertiary/aromatic N) is 4. The Morgan fingerprint density at radius 2 is 2.00 bits per heavy atom. The molecule has 2 N–H and O–H groups in total. The van der Waals surface area contributed by atoms with Gasteiger partial charge in [0.2, 0.25) is 0 Å². The van der Waals surface area contributed by atoms with Crippen molar-refractivity contribution in [2.45, 2.75) is 31.8 Å². The van der Waals surface area contributed by atoms with Crippen LogP contribution >= 0.6 is 11.3 Å². The van der Waals surface area contributed by atoms with E-state index in [1.165, 1.54) is 10.6 Å². The van der Waals surface area contributed by atoms with E-state index in [-0.39, 0.29) is 0 Å². The molecule has 2 aromatic heterocycles. The van der Waals surface area contributed by atoms with E-state index >= 15 is 0 Å². The average Bonchev–Trinajstić information content (AvgIpc) is 3.47. The van der Waals surface area contributed by atoms with Gasteiger partial charge in [-0.05, 0) is 35.9 Å². The van der Waals surface area contributed by atoms with Crippen molar-refractivity contribution < 1.29 is 0 Å². The van der Waals surface area contributed by atoms with Crippen molar-refractivity contribution in [1.82, 2.24) is 20.2 Å². The molecular weight excluding hydrogens is 392 g/mol. The van der Waals surface area contributed by atoms with E-state index in [0.29, 0.717) is 6.04 Å². The first-order valence-electron chi connectivity index (χ1n) is 10.6. The minimum absolute atomic E-state index is 0.465. The Bertz CT molecular complexity index is 910. The van der Waals surface area contributed by atoms with Crippen LogP contribution in [0.5, 0.6) is 0 Å². The molecule has 0 atom stereocenters. The molecule has 0 spiro atoms. The van der Waals surface area contributed by atoms with Crippen LogP contribution in [0.1, 0.15) is 24.2 Å². The van der Waals surface area contributed by atoms with E-state index in [9.17, 15) is 0 Å². The van der Waals surface area contributed by atoms with Gasteiger partial charge in [0.1, 0.15) is 5.82 Å². The van der Waals surface area contributed by atoms with Crippen LogP contribution in [0, 0.1) is 0 Å². The molecule has 4 rings (SSSR count). The SMILES string of the molecule is CN=C(NCCc1nccn1Cc1ccccc1)NC1CCN(c2cccs2)CC1. The van der Waals surface area contributed by atoms with Crippen LogP contribution < -0.4 is 15.5 Å². The van der Waals surface area contributed by atoms with Gasteiger partial charge in [0, 0.05) is 58.1 Å². The molecule has 0 aliphatic carbocycles. The van der Waals surface area contributed by atoms with Crippen molar-refractivity contribution >= 4 is 22.3 Å². The zero-order valence-corrected chi connectivity index (χ0v) is 18.3. The van der Waals surface area contributed by atoms with Gasteiger partial charge < -0.3 is 20.1 Å². The summed E-state index contributed by atoms with van der Waals surface area (Å²) in [4.78, 5) is 11.4. The molecule has 30 heavy (non-hydrogen) atoms. The van der Waals surface area contributed by atoms with E-state index in [2.05, 4.69) is 78.1 Å². The predicted octanol–water partition coefficient (Wildman–Crippen LogP) is 3.37. The Morgan fingerprint density at radius 3 is 2.73 bits per heavy atom. The van der Waals surface area contributed by atoms with Gasteiger partial charge >= 0.3 is 0 Å². The van der Waals surface area contributed by atoms with Crippen LogP contribution in [0.15, 0.2) is 65.2 Å². The molecule has 1 aliphatic rings. The van der Waals surface area contributed by atoms with Gasteiger partial charge in [0.15, 0.2) is 5.96 Å². The number of hydrogen-bond donors (Lipinski definition) is 2. The molecule has 0 saturated carbocycles. The van der Waals surface area contributed by atoms with Crippen molar-refractivity contribution in [2.24, 2.45) is 4.99 Å². The summed E-state index contributed by atoms with van der Waals surface area (Å²) in [5.41, 5.74) is 1.29. The lowest BCUT2D eigenvalue weighted by molar-refractivity contribution is 0.463. The van der Waals surface area contributed by atoms with Crippen LogP contribution in [0.2, 0.25) is 0 Å². The Labute approximate surface area is 182 Å². The molecule has 158 valence electrons. The summed E-state index contributed by atoms with van der Waals surface area (Å²) in [6, 6.07) is 15.3. The zero-order chi connectivity index (χ0) is 20.6. The normalized spacial score (nSPS) is 15.4. The van der Waals surface area contributed by atoms with Gasteiger partial charge in [-0.25, -0.2) is 4.98 Å². The smallest absolute Gasteiger partial charge is 0.191 e. The van der Waals surface area contributed by atoms with Crippen molar-refractivity contribution in [3.05, 3.63) is 71.6 Å². The number of hydrogen-bond acceptors (Lipinski definition) is 4. The number of piperidine rings is 1. The van der Waals surface area contributed by atoms with Crippen molar-refractivity contribution in [2.75, 3.05) is 31.6 Å². The number of aliphatic imine (C=N–C) groups is 1. The van der Waals surface area contributed by atoms with Gasteiger partial charge in [-0.15, -0.1) is 11.3 Å². The summed E-state index contributed by atoms with van der Waals surface area (Å²) in [5.74, 6) is 1.97. The summed E-state index contributed by atoms with van der Waals surface area (Å²) in [6.07, 6.45) is 7.04. The first-order valence-corrected chi connectivity index (χ1v) is 11.5. The highest BCUT2D eigenvalue weighted by molar-refractivity contribution is 7.14. The number of guanidine groups is 1. The van der Waals surface area contributed by atoms with E-state index in [4.69, 9.17) is 0 Å². The Hall–Kier alpha value is -2.80. The molecule has 6 nitrogen and oxygen atoms in total. The van der Waals surface area contributed by atoms with Crippen molar-refractivity contribution in [1.29, 1.82) is 0 Å². The highest BCUT2D eigenvalue weighted by Gasteiger charge is 2.20. The largest absolute Gasteiger partial charge is 0.363 e. The lowest BCUT2D eigenvalue weighted by atomic mass is 10.1. The second-order valence-corrected chi connectivity index (χ2v) is 8.49. The fourth-order valence-corrected chi connectivity index (χ4v) is 4.65. The number of thiophene rings is 1. The van der Waals surface area contributed by atoms with Gasteiger partial charge in [-0.1, -0.05) is 30.3 Å². The highest BCUT2D eigenvalue weighted by atomic mass is 32.1. The fraction of sp³-hybridized carbons (Fsp3) is 0.391. The summed E-state index contributed by atoms with van der Waals surface area (Å²) in [6.45, 7) is 3.84. The quantitative estimate of drug-likeness (QED) is 0.453. The summed E-state index contributed by atoms with van der Waals surface area (Å²) in [7, 11) is 1.84. The van der Waals surface area contributed by atoms with E-state index < -0.39 is 0 Å². The van der Waals surface area contributed by atoms with Crippen LogP contribution in [0.25, 0.3) is 0 Å². The molecule has 7 heteroatoms. The standard InChI is InChI=1S/C23H30N6S/c1-24-23(27-20-10-14-28(15-11-20)22-8-5-17-30-22)26-12-9-21-25-13-16-29(21)18-19-6-3-2-4-7-19/h2-8,13,16-17,20H,9-12,14-15,18H2,1H3,(H2,24,26,27). The molecule has 3 aromatic rings. The van der Waals surface area contributed by atoms with Gasteiger partial charge in [0.05, 0.1) is 5.00 Å². The maximum atomic E-state index is 4.54. The predicted molar refractivity (Wildman–Crippen MR) is 126 cm³/mol. The Kier molecular flexibility index (Phi) is 7.03. The molecule has 1 fully saturated rings. The molecule has 0 bridgehead atoms. The molecule has 0 radical (unpaired) electrons. The molecule has 1 saturated heterocycles. The monoisotopic (exact) mass is 422 g/mol. The summed E-state index contributed by atoms with van der Waals surface area (Å²) in [5, 5.41) is 10.6. The van der Waals surface area contributed by atoms with Crippen LogP contribution in [0.3, 0.4) is 0 Å². The van der Waals surface area contributed by atoms with Crippen LogP contribution in [-0.2, 0) is 13.0 Å². The lowest BCUT2D eigenvalue weighted by Gasteiger charge is -2.33. The molecule has 3 heterocycles. The minimum atomic E-state index is 0.465. The fourth-order valence-electron chi connectivity index (χ4n) is 3.87. The third-order valence-electron chi connectivity index (χ3n) is 5.52. The van der Waals surface area contributed by atoms with Crippen molar-refractivity contribution in [3.63, 3.8) is 0 Å². The number of imidazole rings is 1. The Morgan fingerprint density at radius 1 is 1.17 bits per heavy atom. The average molecular weight is 423 g/mol. The molecule has 0 amide bonds. The second-order valence-electron chi connectivity index (χ2n) is 7.56. The van der Waals surface area contributed by atoms with Gasteiger partial charge in [-0.2, -0.15) is 0 Å². The first-order chi connectivity index (χ1) is 14.8.